The van der Waals surface area contributed by atoms with Gasteiger partial charge in [-0.2, -0.15) is 18.4 Å². The first-order valence-electron chi connectivity index (χ1n) is 7.94. The lowest BCUT2D eigenvalue weighted by atomic mass is 9.95. The Morgan fingerprint density at radius 1 is 1.31 bits per heavy atom. The highest BCUT2D eigenvalue weighted by Crippen LogP contribution is 2.31. The van der Waals surface area contributed by atoms with Crippen molar-refractivity contribution in [3.63, 3.8) is 0 Å². The number of benzene rings is 2. The molecule has 0 saturated carbocycles. The van der Waals surface area contributed by atoms with Crippen LogP contribution in [-0.4, -0.2) is 21.1 Å². The number of aryl methyl sites for hydroxylation is 1. The van der Waals surface area contributed by atoms with E-state index < -0.39 is 35.6 Å². The summed E-state index contributed by atoms with van der Waals surface area (Å²) in [4.78, 5) is 25.3. The number of aromatic nitrogens is 2. The molecule has 3 rings (SSSR count). The van der Waals surface area contributed by atoms with Crippen LogP contribution >= 0.6 is 11.6 Å². The van der Waals surface area contributed by atoms with E-state index >= 15 is 0 Å². The number of rotatable bonds is 3. The summed E-state index contributed by atoms with van der Waals surface area (Å²) in [5, 5.41) is 9.50. The molecule has 2 aromatic carbocycles. The molecule has 0 spiro atoms. The molecule has 0 radical (unpaired) electrons. The van der Waals surface area contributed by atoms with Crippen LogP contribution in [0.1, 0.15) is 21.5 Å². The summed E-state index contributed by atoms with van der Waals surface area (Å²) < 4.78 is 53.5. The van der Waals surface area contributed by atoms with Crippen LogP contribution in [-0.2, 0) is 13.6 Å². The maximum Gasteiger partial charge on any atom is 0.406 e. The molecule has 0 aliphatic rings. The summed E-state index contributed by atoms with van der Waals surface area (Å²) in [6.45, 7) is -1.60. The fourth-order valence-corrected chi connectivity index (χ4v) is 3.30. The van der Waals surface area contributed by atoms with Gasteiger partial charge in [0.15, 0.2) is 5.78 Å². The molecule has 0 atom stereocenters. The van der Waals surface area contributed by atoms with Crippen molar-refractivity contribution in [3.05, 3.63) is 62.3 Å². The first kappa shape index (κ1) is 20.4. The molecule has 0 aliphatic carbocycles. The molecular formula is C18H11ClF4N4O2. The van der Waals surface area contributed by atoms with Crippen molar-refractivity contribution >= 4 is 34.1 Å². The predicted octanol–water partition coefficient (Wildman–Crippen LogP) is 3.38. The number of carbonyl (C=O) groups excluding carboxylic acids is 1. The normalized spacial score (nSPS) is 11.6. The van der Waals surface area contributed by atoms with Crippen molar-refractivity contribution in [2.45, 2.75) is 12.7 Å². The number of alkyl halides is 3. The lowest BCUT2D eigenvalue weighted by Crippen LogP contribution is -2.28. The quantitative estimate of drug-likeness (QED) is 0.394. The van der Waals surface area contributed by atoms with Gasteiger partial charge in [-0.25, -0.2) is 9.18 Å². The molecule has 0 aliphatic heterocycles. The van der Waals surface area contributed by atoms with E-state index in [-0.39, 0.29) is 32.9 Å². The summed E-state index contributed by atoms with van der Waals surface area (Å²) in [5.41, 5.74) is 2.94. The fraction of sp³-hybridized carbons (Fsp3) is 0.167. The molecule has 0 amide bonds. The third-order valence-corrected chi connectivity index (χ3v) is 4.63. The maximum atomic E-state index is 13.6. The number of nitrogens with zero attached hydrogens (tertiary/aromatic N) is 3. The van der Waals surface area contributed by atoms with Crippen molar-refractivity contribution in [2.75, 3.05) is 5.73 Å². The second-order valence-corrected chi connectivity index (χ2v) is 6.60. The Morgan fingerprint density at radius 2 is 1.97 bits per heavy atom. The first-order valence-corrected chi connectivity index (χ1v) is 8.32. The van der Waals surface area contributed by atoms with Gasteiger partial charge < -0.3 is 5.73 Å². The Balaban J connectivity index is 2.37. The number of halogens is 5. The molecule has 11 heteroatoms. The van der Waals surface area contributed by atoms with E-state index in [9.17, 15) is 32.4 Å². The standard InChI is InChI=1S/C18H11ClF4N4O2/c1-26-15-10(6-24)14(16(28)9-4-8(20)2-3-11(9)19)12(25)5-13(15)27(17(26)29)7-18(21,22)23/h2-5H,7,25H2,1H3. The molecule has 1 heterocycles. The third-order valence-electron chi connectivity index (χ3n) is 4.30. The number of imidazole rings is 1. The van der Waals surface area contributed by atoms with Gasteiger partial charge in [0.05, 0.1) is 27.2 Å². The van der Waals surface area contributed by atoms with Gasteiger partial charge in [-0.15, -0.1) is 0 Å². The van der Waals surface area contributed by atoms with Crippen LogP contribution < -0.4 is 11.4 Å². The number of ketones is 1. The lowest BCUT2D eigenvalue weighted by molar-refractivity contribution is -0.140. The van der Waals surface area contributed by atoms with Crippen LogP contribution in [0.25, 0.3) is 11.0 Å². The van der Waals surface area contributed by atoms with Crippen molar-refractivity contribution in [2.24, 2.45) is 7.05 Å². The van der Waals surface area contributed by atoms with E-state index in [1.54, 1.807) is 6.07 Å². The number of hydrogen-bond acceptors (Lipinski definition) is 4. The monoisotopic (exact) mass is 426 g/mol. The Labute approximate surface area is 165 Å². The summed E-state index contributed by atoms with van der Waals surface area (Å²) in [6.07, 6.45) is -4.71. The zero-order chi connectivity index (χ0) is 21.7. The SMILES string of the molecule is Cn1c(=O)n(CC(F)(F)F)c2cc(N)c(C(=O)c3cc(F)ccc3Cl)c(C#N)c21. The fourth-order valence-electron chi connectivity index (χ4n) is 3.10. The van der Waals surface area contributed by atoms with Gasteiger partial charge in [0, 0.05) is 18.3 Å². The van der Waals surface area contributed by atoms with Gasteiger partial charge in [0.1, 0.15) is 18.4 Å². The summed E-state index contributed by atoms with van der Waals surface area (Å²) in [7, 11) is 1.16. The molecule has 3 aromatic rings. The van der Waals surface area contributed by atoms with Gasteiger partial charge in [-0.1, -0.05) is 11.6 Å². The summed E-state index contributed by atoms with van der Waals surface area (Å²) in [5.74, 6) is -1.67. The highest BCUT2D eigenvalue weighted by atomic mass is 35.5. The average molecular weight is 427 g/mol. The smallest absolute Gasteiger partial charge is 0.398 e. The zero-order valence-electron chi connectivity index (χ0n) is 14.6. The highest BCUT2D eigenvalue weighted by Gasteiger charge is 2.32. The first-order chi connectivity index (χ1) is 13.5. The predicted molar refractivity (Wildman–Crippen MR) is 97.2 cm³/mol. The number of nitrogen functional groups attached to an aromatic ring is 1. The molecule has 2 N–H and O–H groups in total. The topological polar surface area (TPSA) is 93.8 Å². The number of carbonyl (C=O) groups is 1. The van der Waals surface area contributed by atoms with Crippen molar-refractivity contribution in [1.82, 2.24) is 9.13 Å². The van der Waals surface area contributed by atoms with Gasteiger partial charge in [0.25, 0.3) is 0 Å². The molecule has 0 bridgehead atoms. The van der Waals surface area contributed by atoms with E-state index in [0.29, 0.717) is 4.57 Å². The minimum Gasteiger partial charge on any atom is -0.398 e. The van der Waals surface area contributed by atoms with Gasteiger partial charge in [-0.3, -0.25) is 13.9 Å². The Bertz CT molecular complexity index is 1270. The van der Waals surface area contributed by atoms with Crippen LogP contribution in [0.3, 0.4) is 0 Å². The van der Waals surface area contributed by atoms with E-state index in [1.807, 2.05) is 0 Å². The van der Waals surface area contributed by atoms with E-state index in [0.717, 1.165) is 35.9 Å². The molecule has 1 aromatic heterocycles. The molecule has 0 fully saturated rings. The number of hydrogen-bond donors (Lipinski definition) is 1. The summed E-state index contributed by atoms with van der Waals surface area (Å²) in [6, 6.07) is 5.74. The second-order valence-electron chi connectivity index (χ2n) is 6.19. The number of nitrogens with two attached hydrogens (primary N) is 1. The Kier molecular flexibility index (Phi) is 4.88. The Hall–Kier alpha value is -3.32. The highest BCUT2D eigenvalue weighted by molar-refractivity contribution is 6.35. The number of fused-ring (bicyclic) bond motifs is 1. The number of nitriles is 1. The van der Waals surface area contributed by atoms with E-state index in [4.69, 9.17) is 17.3 Å². The van der Waals surface area contributed by atoms with Crippen LogP contribution in [0.2, 0.25) is 5.02 Å². The molecule has 6 nitrogen and oxygen atoms in total. The van der Waals surface area contributed by atoms with Gasteiger partial charge >= 0.3 is 11.9 Å². The Morgan fingerprint density at radius 3 is 2.55 bits per heavy atom. The molecule has 29 heavy (non-hydrogen) atoms. The number of anilines is 1. The minimum atomic E-state index is -4.71. The maximum absolute atomic E-state index is 13.6. The van der Waals surface area contributed by atoms with Gasteiger partial charge in [0.2, 0.25) is 0 Å². The van der Waals surface area contributed by atoms with Crippen LogP contribution in [0, 0.1) is 17.1 Å². The van der Waals surface area contributed by atoms with Crippen molar-refractivity contribution in [3.8, 4) is 6.07 Å². The molecular weight excluding hydrogens is 416 g/mol. The van der Waals surface area contributed by atoms with Crippen molar-refractivity contribution < 1.29 is 22.4 Å². The van der Waals surface area contributed by atoms with Crippen LogP contribution in [0.5, 0.6) is 0 Å². The lowest BCUT2D eigenvalue weighted by Gasteiger charge is -2.12. The molecule has 0 saturated heterocycles. The van der Waals surface area contributed by atoms with E-state index in [2.05, 4.69) is 0 Å². The second kappa shape index (κ2) is 6.93. The van der Waals surface area contributed by atoms with Crippen molar-refractivity contribution in [1.29, 1.82) is 5.26 Å². The largest absolute Gasteiger partial charge is 0.406 e. The average Bonchev–Trinajstić information content (AvgIpc) is 2.85. The van der Waals surface area contributed by atoms with Gasteiger partial charge in [-0.05, 0) is 24.3 Å². The molecule has 0 unspecified atom stereocenters. The van der Waals surface area contributed by atoms with E-state index in [1.165, 1.54) is 0 Å². The third kappa shape index (κ3) is 3.45. The zero-order valence-corrected chi connectivity index (χ0v) is 15.4. The summed E-state index contributed by atoms with van der Waals surface area (Å²) >= 11 is 5.94. The van der Waals surface area contributed by atoms with Crippen LogP contribution in [0.15, 0.2) is 29.1 Å². The van der Waals surface area contributed by atoms with Crippen LogP contribution in [0.4, 0.5) is 23.2 Å². The minimum absolute atomic E-state index is 0.108. The molecule has 150 valence electrons.